The van der Waals surface area contributed by atoms with Crippen molar-refractivity contribution < 1.29 is 14.3 Å². The number of hydrogen-bond acceptors (Lipinski definition) is 4. The monoisotopic (exact) mass is 318 g/mol. The number of carbonyl (C=O) groups excluding carboxylic acids is 2. The van der Waals surface area contributed by atoms with Crippen molar-refractivity contribution >= 4 is 11.7 Å². The van der Waals surface area contributed by atoms with Gasteiger partial charge in [0.1, 0.15) is 5.75 Å². The van der Waals surface area contributed by atoms with Gasteiger partial charge in [-0.2, -0.15) is 0 Å². The first-order valence-corrected chi connectivity index (χ1v) is 8.32. The van der Waals surface area contributed by atoms with Gasteiger partial charge in [-0.25, -0.2) is 0 Å². The number of hydrogen-bond donors (Lipinski definition) is 1. The zero-order valence-electron chi connectivity index (χ0n) is 14.0. The highest BCUT2D eigenvalue weighted by Gasteiger charge is 2.22. The summed E-state index contributed by atoms with van der Waals surface area (Å²) in [6.45, 7) is 7.27. The van der Waals surface area contributed by atoms with Crippen LogP contribution in [-0.2, 0) is 4.79 Å². The summed E-state index contributed by atoms with van der Waals surface area (Å²) < 4.78 is 5.55. The smallest absolute Gasteiger partial charge is 0.260 e. The van der Waals surface area contributed by atoms with E-state index in [0.29, 0.717) is 17.2 Å². The molecule has 2 rings (SSSR count). The molecule has 5 heteroatoms. The van der Waals surface area contributed by atoms with Crippen LogP contribution >= 0.6 is 0 Å². The lowest BCUT2D eigenvalue weighted by molar-refractivity contribution is -0.134. The van der Waals surface area contributed by atoms with Gasteiger partial charge in [0.2, 0.25) is 0 Å². The van der Waals surface area contributed by atoms with E-state index >= 15 is 0 Å². The highest BCUT2D eigenvalue weighted by Crippen LogP contribution is 2.17. The highest BCUT2D eigenvalue weighted by molar-refractivity contribution is 5.94. The molecule has 0 radical (unpaired) electrons. The molecular weight excluding hydrogens is 292 g/mol. The molecule has 1 N–H and O–H groups in total. The summed E-state index contributed by atoms with van der Waals surface area (Å²) in [7, 11) is 0. The molecule has 1 saturated heterocycles. The number of piperidine rings is 1. The molecule has 1 aromatic rings. The van der Waals surface area contributed by atoms with Crippen molar-refractivity contribution in [3.05, 3.63) is 29.8 Å². The predicted octanol–water partition coefficient (Wildman–Crippen LogP) is 2.12. The Bertz CT molecular complexity index is 537. The molecule has 0 bridgehead atoms. The van der Waals surface area contributed by atoms with Crippen molar-refractivity contribution in [2.24, 2.45) is 5.92 Å². The fraction of sp³-hybridized carbons (Fsp3) is 0.556. The normalized spacial score (nSPS) is 15.5. The molecule has 1 aromatic carbocycles. The van der Waals surface area contributed by atoms with Gasteiger partial charge in [-0.1, -0.05) is 19.1 Å². The number of rotatable bonds is 7. The fourth-order valence-electron chi connectivity index (χ4n) is 2.78. The number of benzene rings is 1. The van der Waals surface area contributed by atoms with Crippen molar-refractivity contribution in [1.82, 2.24) is 10.2 Å². The summed E-state index contributed by atoms with van der Waals surface area (Å²) in [4.78, 5) is 25.5. The lowest BCUT2D eigenvalue weighted by atomic mass is 9.97. The van der Waals surface area contributed by atoms with E-state index in [2.05, 4.69) is 12.2 Å². The quantitative estimate of drug-likeness (QED) is 0.782. The number of likely N-dealkylation sites (tertiary alicyclic amines) is 1. The van der Waals surface area contributed by atoms with Crippen molar-refractivity contribution in [1.29, 1.82) is 0 Å². The van der Waals surface area contributed by atoms with Crippen LogP contribution in [0.1, 0.15) is 37.0 Å². The van der Waals surface area contributed by atoms with Gasteiger partial charge < -0.3 is 15.0 Å². The van der Waals surface area contributed by atoms with Crippen molar-refractivity contribution in [3.8, 4) is 5.75 Å². The van der Waals surface area contributed by atoms with E-state index in [0.717, 1.165) is 39.0 Å². The van der Waals surface area contributed by atoms with Gasteiger partial charge in [0.15, 0.2) is 12.4 Å². The lowest BCUT2D eigenvalue weighted by Crippen LogP contribution is -2.42. The van der Waals surface area contributed by atoms with Crippen LogP contribution in [0.3, 0.4) is 0 Å². The van der Waals surface area contributed by atoms with Gasteiger partial charge in [-0.05, 0) is 50.9 Å². The Kier molecular flexibility index (Phi) is 6.59. The molecule has 0 aliphatic carbocycles. The van der Waals surface area contributed by atoms with Crippen LogP contribution in [-0.4, -0.2) is 49.4 Å². The topological polar surface area (TPSA) is 58.6 Å². The first kappa shape index (κ1) is 17.5. The van der Waals surface area contributed by atoms with E-state index in [1.165, 1.54) is 6.92 Å². The third-order valence-electron chi connectivity index (χ3n) is 4.25. The molecule has 1 heterocycles. The molecule has 0 spiro atoms. The summed E-state index contributed by atoms with van der Waals surface area (Å²) in [5.41, 5.74) is 0.596. The molecule has 0 atom stereocenters. The van der Waals surface area contributed by atoms with Gasteiger partial charge in [0, 0.05) is 18.7 Å². The lowest BCUT2D eigenvalue weighted by Gasteiger charge is -2.32. The Morgan fingerprint density at radius 2 is 2.04 bits per heavy atom. The standard InChI is InChI=1S/C18H26N2O3/c1-3-19-12-15-7-9-20(10-8-15)18(22)13-23-17-6-4-5-16(11-17)14(2)21/h4-6,11,15,19H,3,7-10,12-13H2,1-2H3. The number of nitrogens with one attached hydrogen (secondary N) is 1. The average Bonchev–Trinajstić information content (AvgIpc) is 2.58. The second kappa shape index (κ2) is 8.67. The summed E-state index contributed by atoms with van der Waals surface area (Å²) in [5, 5.41) is 3.37. The molecular formula is C18H26N2O3. The number of ketones is 1. The molecule has 1 aliphatic heterocycles. The van der Waals surface area contributed by atoms with E-state index in [1.54, 1.807) is 24.3 Å². The minimum absolute atomic E-state index is 0.00969. The summed E-state index contributed by atoms with van der Waals surface area (Å²) in [5.74, 6) is 1.23. The van der Waals surface area contributed by atoms with E-state index in [4.69, 9.17) is 4.74 Å². The fourth-order valence-corrected chi connectivity index (χ4v) is 2.78. The maximum atomic E-state index is 12.2. The Balaban J connectivity index is 1.77. The van der Waals surface area contributed by atoms with Crippen LogP contribution < -0.4 is 10.1 Å². The second-order valence-electron chi connectivity index (χ2n) is 6.00. The average molecular weight is 318 g/mol. The maximum Gasteiger partial charge on any atom is 0.260 e. The van der Waals surface area contributed by atoms with Crippen LogP contribution in [0.15, 0.2) is 24.3 Å². The second-order valence-corrected chi connectivity index (χ2v) is 6.00. The van der Waals surface area contributed by atoms with Crippen LogP contribution in [0.2, 0.25) is 0 Å². The number of Topliss-reactive ketones (excluding diaryl/α,β-unsaturated/α-hetero) is 1. The summed E-state index contributed by atoms with van der Waals surface area (Å²) >= 11 is 0. The van der Waals surface area contributed by atoms with Crippen LogP contribution in [0.25, 0.3) is 0 Å². The summed E-state index contributed by atoms with van der Waals surface area (Å²) in [6, 6.07) is 6.95. The van der Waals surface area contributed by atoms with Gasteiger partial charge >= 0.3 is 0 Å². The Hall–Kier alpha value is -1.88. The number of carbonyl (C=O) groups is 2. The van der Waals surface area contributed by atoms with E-state index in [1.807, 2.05) is 4.90 Å². The van der Waals surface area contributed by atoms with Gasteiger partial charge in [0.05, 0.1) is 0 Å². The molecule has 1 aliphatic rings. The minimum Gasteiger partial charge on any atom is -0.484 e. The van der Waals surface area contributed by atoms with Gasteiger partial charge in [-0.3, -0.25) is 9.59 Å². The van der Waals surface area contributed by atoms with Gasteiger partial charge in [-0.15, -0.1) is 0 Å². The van der Waals surface area contributed by atoms with Crippen molar-refractivity contribution in [3.63, 3.8) is 0 Å². The highest BCUT2D eigenvalue weighted by atomic mass is 16.5. The maximum absolute atomic E-state index is 12.2. The third kappa shape index (κ3) is 5.36. The van der Waals surface area contributed by atoms with Crippen molar-refractivity contribution in [2.45, 2.75) is 26.7 Å². The molecule has 0 saturated carbocycles. The van der Waals surface area contributed by atoms with Crippen LogP contribution in [0.4, 0.5) is 0 Å². The SMILES string of the molecule is CCNCC1CCN(C(=O)COc2cccc(C(C)=O)c2)CC1. The zero-order valence-corrected chi connectivity index (χ0v) is 14.0. The number of nitrogens with zero attached hydrogens (tertiary/aromatic N) is 1. The van der Waals surface area contributed by atoms with E-state index < -0.39 is 0 Å². The third-order valence-corrected chi connectivity index (χ3v) is 4.25. The molecule has 5 nitrogen and oxygen atoms in total. The van der Waals surface area contributed by atoms with Crippen molar-refractivity contribution in [2.75, 3.05) is 32.8 Å². The molecule has 1 fully saturated rings. The van der Waals surface area contributed by atoms with E-state index in [9.17, 15) is 9.59 Å². The first-order valence-electron chi connectivity index (χ1n) is 8.32. The molecule has 0 aromatic heterocycles. The number of ether oxygens (including phenoxy) is 1. The zero-order chi connectivity index (χ0) is 16.7. The Morgan fingerprint density at radius 3 is 2.70 bits per heavy atom. The Labute approximate surface area is 138 Å². The predicted molar refractivity (Wildman–Crippen MR) is 89.8 cm³/mol. The first-order chi connectivity index (χ1) is 11.1. The molecule has 0 unspecified atom stereocenters. The molecule has 126 valence electrons. The van der Waals surface area contributed by atoms with Gasteiger partial charge in [0.25, 0.3) is 5.91 Å². The Morgan fingerprint density at radius 1 is 1.30 bits per heavy atom. The summed E-state index contributed by atoms with van der Waals surface area (Å²) in [6.07, 6.45) is 2.08. The largest absolute Gasteiger partial charge is 0.484 e. The number of amides is 1. The van der Waals surface area contributed by atoms with Crippen LogP contribution in [0.5, 0.6) is 5.75 Å². The van der Waals surface area contributed by atoms with E-state index in [-0.39, 0.29) is 18.3 Å². The minimum atomic E-state index is -0.00969. The molecule has 23 heavy (non-hydrogen) atoms. The molecule has 1 amide bonds. The van der Waals surface area contributed by atoms with Crippen LogP contribution in [0, 0.1) is 5.92 Å².